The van der Waals surface area contributed by atoms with E-state index < -0.39 is 5.41 Å². The van der Waals surface area contributed by atoms with Crippen molar-refractivity contribution in [3.8, 4) is 45.3 Å². The summed E-state index contributed by atoms with van der Waals surface area (Å²) in [5, 5.41) is 4.64. The summed E-state index contributed by atoms with van der Waals surface area (Å²) in [6, 6.07) is 58.8. The van der Waals surface area contributed by atoms with Crippen LogP contribution in [0.5, 0.6) is 0 Å². The highest BCUT2D eigenvalue weighted by atomic mass is 15.0. The molecule has 0 aliphatic heterocycles. The largest absolute Gasteiger partial charge is 0.208 e. The van der Waals surface area contributed by atoms with Crippen LogP contribution < -0.4 is 10.4 Å². The fraction of sp³-hybridized carbons (Fsp3) is 0.0727. The molecule has 3 heteroatoms. The molecule has 0 saturated heterocycles. The molecule has 0 amide bonds. The number of hydrogen-bond donors (Lipinski definition) is 0. The predicted octanol–water partition coefficient (Wildman–Crippen LogP) is 11.5. The minimum absolute atomic E-state index is 0.127. The maximum absolute atomic E-state index is 5.18. The highest BCUT2D eigenvalue weighted by molar-refractivity contribution is 6.02. The molecule has 11 rings (SSSR count). The van der Waals surface area contributed by atoms with E-state index in [4.69, 9.17) is 15.0 Å². The van der Waals surface area contributed by atoms with E-state index in [1.54, 1.807) is 0 Å². The van der Waals surface area contributed by atoms with Gasteiger partial charge < -0.3 is 0 Å². The molecule has 0 radical (unpaired) electrons. The van der Waals surface area contributed by atoms with Gasteiger partial charge >= 0.3 is 0 Å². The zero-order chi connectivity index (χ0) is 38.8. The Bertz CT molecular complexity index is 3150. The van der Waals surface area contributed by atoms with Crippen LogP contribution in [0.15, 0.2) is 193 Å². The number of aromatic nitrogens is 3. The van der Waals surface area contributed by atoms with E-state index in [9.17, 15) is 0 Å². The van der Waals surface area contributed by atoms with Crippen LogP contribution in [0.1, 0.15) is 36.1 Å². The Morgan fingerprint density at radius 1 is 0.517 bits per heavy atom. The highest BCUT2D eigenvalue weighted by Gasteiger charge is 2.54. The molecule has 8 aromatic rings. The Morgan fingerprint density at radius 2 is 1.10 bits per heavy atom. The van der Waals surface area contributed by atoms with Crippen molar-refractivity contribution in [3.63, 3.8) is 0 Å². The van der Waals surface area contributed by atoms with E-state index in [0.717, 1.165) is 27.5 Å². The predicted molar refractivity (Wildman–Crippen MR) is 239 cm³/mol. The molecule has 1 atom stereocenters. The Morgan fingerprint density at radius 3 is 1.84 bits per heavy atom. The smallest absolute Gasteiger partial charge is 0.164 e. The SMILES string of the molecule is C\C=C/C=C1\C(=C2/C=c3ccc(-c4nc(-c5ccccc5)nc(-c5cccc6ccccc56)n4)cc3=CC2C)C2(c3ccccc31)c1ccccc1-c1ccccc12. The molecule has 0 N–H and O–H groups in total. The van der Waals surface area contributed by atoms with Crippen LogP contribution in [0.4, 0.5) is 0 Å². The van der Waals surface area contributed by atoms with Gasteiger partial charge in [-0.3, -0.25) is 0 Å². The van der Waals surface area contributed by atoms with Gasteiger partial charge in [-0.2, -0.15) is 0 Å². The molecule has 7 aromatic carbocycles. The molecule has 0 fully saturated rings. The van der Waals surface area contributed by atoms with Crippen molar-refractivity contribution in [3.05, 3.63) is 226 Å². The van der Waals surface area contributed by atoms with E-state index in [0.29, 0.717) is 17.5 Å². The standard InChI is InChI=1S/C55H39N3/c1-3-4-21-45-44-25-12-15-29-50(44)55(48-27-13-10-23-42(48)43-24-11-14-28-49(43)55)51(45)47-34-38-30-31-39(33-40(38)32-35(47)2)53-56-52(37-18-6-5-7-19-37)57-54(58-53)46-26-16-20-36-17-8-9-22-41(36)46/h3-35H,1-2H3/b4-3-,45-21-,51-47-. The monoisotopic (exact) mass is 741 g/mol. The summed E-state index contributed by atoms with van der Waals surface area (Å²) in [6.07, 6.45) is 11.5. The first-order chi connectivity index (χ1) is 28.6. The number of allylic oxidation sites excluding steroid dienone is 6. The minimum Gasteiger partial charge on any atom is -0.208 e. The van der Waals surface area contributed by atoms with Gasteiger partial charge in [0.15, 0.2) is 17.5 Å². The first-order valence-corrected chi connectivity index (χ1v) is 20.1. The summed E-state index contributed by atoms with van der Waals surface area (Å²) >= 11 is 0. The van der Waals surface area contributed by atoms with Crippen LogP contribution in [0.2, 0.25) is 0 Å². The molecule has 0 saturated carbocycles. The van der Waals surface area contributed by atoms with Crippen molar-refractivity contribution in [1.29, 1.82) is 0 Å². The van der Waals surface area contributed by atoms with Crippen molar-refractivity contribution >= 4 is 28.5 Å². The molecule has 58 heavy (non-hydrogen) atoms. The Kier molecular flexibility index (Phi) is 7.90. The fourth-order valence-corrected chi connectivity index (χ4v) is 9.76. The highest BCUT2D eigenvalue weighted by Crippen LogP contribution is 2.64. The number of fused-ring (bicyclic) bond motifs is 9. The summed E-state index contributed by atoms with van der Waals surface area (Å²) in [5.41, 5.74) is 14.4. The summed E-state index contributed by atoms with van der Waals surface area (Å²) in [7, 11) is 0. The van der Waals surface area contributed by atoms with Gasteiger partial charge in [0.05, 0.1) is 5.41 Å². The molecule has 274 valence electrons. The van der Waals surface area contributed by atoms with Gasteiger partial charge in [-0.15, -0.1) is 0 Å². The molecule has 3 nitrogen and oxygen atoms in total. The molecular weight excluding hydrogens is 703 g/mol. The van der Waals surface area contributed by atoms with Crippen molar-refractivity contribution in [2.75, 3.05) is 0 Å². The number of benzene rings is 7. The first-order valence-electron chi connectivity index (χ1n) is 20.1. The number of hydrogen-bond acceptors (Lipinski definition) is 3. The van der Waals surface area contributed by atoms with Crippen molar-refractivity contribution < 1.29 is 0 Å². The molecule has 1 unspecified atom stereocenters. The van der Waals surface area contributed by atoms with Gasteiger partial charge in [0, 0.05) is 22.6 Å². The number of nitrogens with zero attached hydrogens (tertiary/aromatic N) is 3. The van der Waals surface area contributed by atoms with Crippen molar-refractivity contribution in [2.24, 2.45) is 5.92 Å². The summed E-state index contributed by atoms with van der Waals surface area (Å²) < 4.78 is 0. The lowest BCUT2D eigenvalue weighted by atomic mass is 9.67. The number of rotatable bonds is 4. The van der Waals surface area contributed by atoms with Gasteiger partial charge in [-0.05, 0) is 84.3 Å². The van der Waals surface area contributed by atoms with E-state index in [1.165, 1.54) is 60.5 Å². The second-order valence-electron chi connectivity index (χ2n) is 15.5. The normalized spacial score (nSPS) is 17.8. The maximum atomic E-state index is 5.18. The Balaban J connectivity index is 1.13. The van der Waals surface area contributed by atoms with Gasteiger partial charge in [-0.25, -0.2) is 15.0 Å². The maximum Gasteiger partial charge on any atom is 0.164 e. The molecular formula is C55H39N3. The lowest BCUT2D eigenvalue weighted by Gasteiger charge is -2.34. The average molecular weight is 742 g/mol. The topological polar surface area (TPSA) is 38.7 Å². The second-order valence-corrected chi connectivity index (χ2v) is 15.5. The van der Waals surface area contributed by atoms with E-state index in [2.05, 4.69) is 190 Å². The molecule has 0 bridgehead atoms. The van der Waals surface area contributed by atoms with Crippen LogP contribution >= 0.6 is 0 Å². The van der Waals surface area contributed by atoms with Gasteiger partial charge in [0.25, 0.3) is 0 Å². The summed E-state index contributed by atoms with van der Waals surface area (Å²) in [6.45, 7) is 4.44. The molecule has 3 aliphatic carbocycles. The first kappa shape index (κ1) is 34.1. The second kappa shape index (κ2) is 13.5. The van der Waals surface area contributed by atoms with Gasteiger partial charge in [0.2, 0.25) is 0 Å². The lowest BCUT2D eigenvalue weighted by molar-refractivity contribution is 0.770. The zero-order valence-corrected chi connectivity index (χ0v) is 32.4. The van der Waals surface area contributed by atoms with Gasteiger partial charge in [0.1, 0.15) is 0 Å². The van der Waals surface area contributed by atoms with Crippen LogP contribution in [0.3, 0.4) is 0 Å². The summed E-state index contributed by atoms with van der Waals surface area (Å²) in [4.78, 5) is 15.3. The molecule has 3 aliphatic rings. The van der Waals surface area contributed by atoms with E-state index in [1.807, 2.05) is 18.2 Å². The summed E-state index contributed by atoms with van der Waals surface area (Å²) in [5.74, 6) is 2.11. The third-order valence-corrected chi connectivity index (χ3v) is 12.2. The molecule has 1 heterocycles. The third kappa shape index (κ3) is 5.10. The van der Waals surface area contributed by atoms with Crippen LogP contribution in [-0.4, -0.2) is 15.0 Å². The third-order valence-electron chi connectivity index (χ3n) is 12.2. The molecule has 1 spiro atoms. The van der Waals surface area contributed by atoms with E-state index >= 15 is 0 Å². The van der Waals surface area contributed by atoms with Crippen molar-refractivity contribution in [2.45, 2.75) is 19.3 Å². The lowest BCUT2D eigenvalue weighted by Crippen LogP contribution is -2.32. The molecule has 1 aromatic heterocycles. The average Bonchev–Trinajstić information content (AvgIpc) is 3.74. The fourth-order valence-electron chi connectivity index (χ4n) is 9.76. The van der Waals surface area contributed by atoms with Crippen LogP contribution in [0, 0.1) is 5.92 Å². The Hall–Kier alpha value is -7.23. The van der Waals surface area contributed by atoms with E-state index in [-0.39, 0.29) is 5.92 Å². The van der Waals surface area contributed by atoms with Crippen molar-refractivity contribution in [1.82, 2.24) is 15.0 Å². The minimum atomic E-state index is -0.445. The van der Waals surface area contributed by atoms with Crippen LogP contribution in [0.25, 0.3) is 73.8 Å². The quantitative estimate of drug-likeness (QED) is 0.180. The Labute approximate surface area is 338 Å². The zero-order valence-electron chi connectivity index (χ0n) is 32.4. The van der Waals surface area contributed by atoms with Crippen LogP contribution in [-0.2, 0) is 5.41 Å². The van der Waals surface area contributed by atoms with Gasteiger partial charge in [-0.1, -0.05) is 195 Å².